The van der Waals surface area contributed by atoms with E-state index in [1.54, 1.807) is 12.4 Å². The van der Waals surface area contributed by atoms with E-state index in [9.17, 15) is 0 Å². The van der Waals surface area contributed by atoms with Gasteiger partial charge in [0.1, 0.15) is 12.4 Å². The van der Waals surface area contributed by atoms with Crippen molar-refractivity contribution >= 4 is 0 Å². The molecule has 3 rings (SSSR count). The maximum atomic E-state index is 8.82. The summed E-state index contributed by atoms with van der Waals surface area (Å²) in [6, 6.07) is 5.62. The molecule has 0 atom stereocenters. The van der Waals surface area contributed by atoms with Crippen molar-refractivity contribution in [1.82, 2.24) is 29.7 Å². The highest BCUT2D eigenvalue weighted by atomic mass is 15.4. The predicted octanol–water partition coefficient (Wildman–Crippen LogP) is 1.61. The van der Waals surface area contributed by atoms with Crippen LogP contribution < -0.4 is 0 Å². The summed E-state index contributed by atoms with van der Waals surface area (Å²) in [4.78, 5) is 17.0. The molecule has 3 aromatic heterocycles. The SMILES string of the molecule is Cc1nc(-c2cccnc2)nc(-n2cnc(C#N)n2)c1C. The fraction of sp³-hybridized carbons (Fsp3) is 0.143. The lowest BCUT2D eigenvalue weighted by atomic mass is 10.2. The van der Waals surface area contributed by atoms with E-state index in [2.05, 4.69) is 25.0 Å². The molecule has 0 bridgehead atoms. The van der Waals surface area contributed by atoms with Gasteiger partial charge >= 0.3 is 0 Å². The van der Waals surface area contributed by atoms with E-state index in [4.69, 9.17) is 5.26 Å². The van der Waals surface area contributed by atoms with Gasteiger partial charge in [0, 0.05) is 29.2 Å². The van der Waals surface area contributed by atoms with Gasteiger partial charge in [0.05, 0.1) is 0 Å². The highest BCUT2D eigenvalue weighted by Gasteiger charge is 2.13. The number of pyridine rings is 1. The molecule has 21 heavy (non-hydrogen) atoms. The zero-order valence-electron chi connectivity index (χ0n) is 11.5. The van der Waals surface area contributed by atoms with Gasteiger partial charge in [0.2, 0.25) is 0 Å². The lowest BCUT2D eigenvalue weighted by Gasteiger charge is -2.09. The van der Waals surface area contributed by atoms with Crippen LogP contribution in [0.1, 0.15) is 17.1 Å². The van der Waals surface area contributed by atoms with Crippen LogP contribution in [0, 0.1) is 25.2 Å². The quantitative estimate of drug-likeness (QED) is 0.706. The van der Waals surface area contributed by atoms with Crippen molar-refractivity contribution in [2.45, 2.75) is 13.8 Å². The molecule has 3 heterocycles. The maximum Gasteiger partial charge on any atom is 0.252 e. The molecule has 0 N–H and O–H groups in total. The molecule has 102 valence electrons. The van der Waals surface area contributed by atoms with Crippen LogP contribution in [0.25, 0.3) is 17.2 Å². The van der Waals surface area contributed by atoms with Gasteiger partial charge in [-0.05, 0) is 26.0 Å². The number of nitrogens with zero attached hydrogens (tertiary/aromatic N) is 7. The first-order valence-electron chi connectivity index (χ1n) is 6.27. The Balaban J connectivity index is 2.17. The third-order valence-electron chi connectivity index (χ3n) is 3.09. The van der Waals surface area contributed by atoms with Gasteiger partial charge in [-0.1, -0.05) is 0 Å². The number of aryl methyl sites for hydroxylation is 1. The van der Waals surface area contributed by atoms with Crippen molar-refractivity contribution < 1.29 is 0 Å². The van der Waals surface area contributed by atoms with Crippen molar-refractivity contribution in [3.05, 3.63) is 47.9 Å². The van der Waals surface area contributed by atoms with E-state index in [1.807, 2.05) is 32.0 Å². The van der Waals surface area contributed by atoms with Crippen molar-refractivity contribution in [3.63, 3.8) is 0 Å². The third-order valence-corrected chi connectivity index (χ3v) is 3.09. The number of rotatable bonds is 2. The molecular formula is C14H11N7. The van der Waals surface area contributed by atoms with E-state index >= 15 is 0 Å². The minimum atomic E-state index is 0.105. The summed E-state index contributed by atoms with van der Waals surface area (Å²) in [6.45, 7) is 3.81. The van der Waals surface area contributed by atoms with Gasteiger partial charge in [-0.3, -0.25) is 4.98 Å². The van der Waals surface area contributed by atoms with Gasteiger partial charge in [0.25, 0.3) is 5.82 Å². The first-order valence-corrected chi connectivity index (χ1v) is 6.27. The van der Waals surface area contributed by atoms with Gasteiger partial charge in [-0.25, -0.2) is 19.6 Å². The topological polar surface area (TPSA) is 93.2 Å². The maximum absolute atomic E-state index is 8.82. The van der Waals surface area contributed by atoms with Crippen molar-refractivity contribution in [2.75, 3.05) is 0 Å². The average Bonchev–Trinajstić information content (AvgIpc) is 2.99. The van der Waals surface area contributed by atoms with Crippen molar-refractivity contribution in [3.8, 4) is 23.3 Å². The van der Waals surface area contributed by atoms with Crippen LogP contribution in [0.4, 0.5) is 0 Å². The number of aromatic nitrogens is 6. The monoisotopic (exact) mass is 277 g/mol. The summed E-state index contributed by atoms with van der Waals surface area (Å²) >= 11 is 0. The van der Waals surface area contributed by atoms with Crippen molar-refractivity contribution in [1.29, 1.82) is 5.26 Å². The van der Waals surface area contributed by atoms with Crippen LogP contribution in [0.15, 0.2) is 30.9 Å². The number of hydrogen-bond acceptors (Lipinski definition) is 6. The molecule has 7 heteroatoms. The zero-order chi connectivity index (χ0) is 14.8. The molecular weight excluding hydrogens is 266 g/mol. The van der Waals surface area contributed by atoms with E-state index in [1.165, 1.54) is 11.0 Å². The molecule has 7 nitrogen and oxygen atoms in total. The summed E-state index contributed by atoms with van der Waals surface area (Å²) in [7, 11) is 0. The fourth-order valence-electron chi connectivity index (χ4n) is 1.88. The lowest BCUT2D eigenvalue weighted by Crippen LogP contribution is -2.07. The molecule has 0 aliphatic carbocycles. The van der Waals surface area contributed by atoms with Crippen LogP contribution in [0.3, 0.4) is 0 Å². The van der Waals surface area contributed by atoms with Crippen LogP contribution in [-0.4, -0.2) is 29.7 Å². The average molecular weight is 277 g/mol. The Bertz CT molecular complexity index is 830. The summed E-state index contributed by atoms with van der Waals surface area (Å²) in [6.07, 6.45) is 4.87. The van der Waals surface area contributed by atoms with Crippen LogP contribution in [-0.2, 0) is 0 Å². The van der Waals surface area contributed by atoms with E-state index in [0.29, 0.717) is 11.6 Å². The van der Waals surface area contributed by atoms with E-state index in [0.717, 1.165) is 16.8 Å². The van der Waals surface area contributed by atoms with Crippen LogP contribution >= 0.6 is 0 Å². The third kappa shape index (κ3) is 2.34. The lowest BCUT2D eigenvalue weighted by molar-refractivity contribution is 0.820. The summed E-state index contributed by atoms with van der Waals surface area (Å²) in [5, 5.41) is 12.9. The Morgan fingerprint density at radius 3 is 2.76 bits per heavy atom. The number of nitriles is 1. The minimum Gasteiger partial charge on any atom is -0.264 e. The number of hydrogen-bond donors (Lipinski definition) is 0. The molecule has 0 amide bonds. The Hall–Kier alpha value is -3.14. The first-order chi connectivity index (χ1) is 10.2. The minimum absolute atomic E-state index is 0.105. The van der Waals surface area contributed by atoms with Gasteiger partial charge in [0.15, 0.2) is 11.6 Å². The molecule has 0 unspecified atom stereocenters. The van der Waals surface area contributed by atoms with Crippen LogP contribution in [0.5, 0.6) is 0 Å². The van der Waals surface area contributed by atoms with E-state index in [-0.39, 0.29) is 5.82 Å². The van der Waals surface area contributed by atoms with Crippen LogP contribution in [0.2, 0.25) is 0 Å². The highest BCUT2D eigenvalue weighted by molar-refractivity contribution is 5.55. The second kappa shape index (κ2) is 5.09. The molecule has 0 radical (unpaired) electrons. The fourth-order valence-corrected chi connectivity index (χ4v) is 1.88. The van der Waals surface area contributed by atoms with Gasteiger partial charge in [-0.15, -0.1) is 5.10 Å². The Kier molecular flexibility index (Phi) is 3.12. The standard InChI is InChI=1S/C14H11N7/c1-9-10(2)18-13(11-4-3-5-16-7-11)19-14(9)21-8-17-12(6-15)20-21/h3-5,7-8H,1-2H3. The summed E-state index contributed by atoms with van der Waals surface area (Å²) < 4.78 is 1.49. The normalized spacial score (nSPS) is 10.3. The predicted molar refractivity (Wildman–Crippen MR) is 74.4 cm³/mol. The molecule has 0 spiro atoms. The van der Waals surface area contributed by atoms with Crippen molar-refractivity contribution in [2.24, 2.45) is 0 Å². The molecule has 0 aliphatic rings. The summed E-state index contributed by atoms with van der Waals surface area (Å²) in [5.41, 5.74) is 2.55. The molecule has 0 saturated carbocycles. The first kappa shape index (κ1) is 12.9. The molecule has 0 fully saturated rings. The summed E-state index contributed by atoms with van der Waals surface area (Å²) in [5.74, 6) is 1.28. The largest absolute Gasteiger partial charge is 0.264 e. The van der Waals surface area contributed by atoms with Gasteiger partial charge < -0.3 is 0 Å². The molecule has 0 aromatic carbocycles. The second-order valence-corrected chi connectivity index (χ2v) is 4.45. The Labute approximate surface area is 121 Å². The highest BCUT2D eigenvalue weighted by Crippen LogP contribution is 2.19. The van der Waals surface area contributed by atoms with Gasteiger partial charge in [-0.2, -0.15) is 5.26 Å². The Morgan fingerprint density at radius 1 is 1.24 bits per heavy atom. The smallest absolute Gasteiger partial charge is 0.252 e. The van der Waals surface area contributed by atoms with E-state index < -0.39 is 0 Å². The molecule has 0 saturated heterocycles. The zero-order valence-corrected chi connectivity index (χ0v) is 11.5. The Morgan fingerprint density at radius 2 is 2.10 bits per heavy atom. The second-order valence-electron chi connectivity index (χ2n) is 4.45. The molecule has 0 aliphatic heterocycles. The molecule has 3 aromatic rings.